The van der Waals surface area contributed by atoms with Crippen LogP contribution in [0.5, 0.6) is 11.5 Å². The second kappa shape index (κ2) is 10.4. The molecular weight excluding hydrogens is 485 g/mol. The molecule has 10 heteroatoms. The van der Waals surface area contributed by atoms with E-state index in [1.165, 1.54) is 12.4 Å². The number of nitrogens with zero attached hydrogens (tertiary/aromatic N) is 4. The first kappa shape index (κ1) is 24.5. The predicted molar refractivity (Wildman–Crippen MR) is 137 cm³/mol. The second-order valence-corrected chi connectivity index (χ2v) is 9.71. The van der Waals surface area contributed by atoms with Gasteiger partial charge in [-0.2, -0.15) is 0 Å². The van der Waals surface area contributed by atoms with Gasteiger partial charge in [0.05, 0.1) is 36.0 Å². The number of rotatable bonds is 6. The lowest BCUT2D eigenvalue weighted by molar-refractivity contribution is -0.135. The fraction of sp³-hybridized carbons (Fsp3) is 0.423. The van der Waals surface area contributed by atoms with Gasteiger partial charge >= 0.3 is 0 Å². The van der Waals surface area contributed by atoms with E-state index in [4.69, 9.17) is 21.1 Å². The molecule has 2 aromatic carbocycles. The van der Waals surface area contributed by atoms with E-state index in [1.807, 2.05) is 13.1 Å². The summed E-state index contributed by atoms with van der Waals surface area (Å²) in [6, 6.07) is 8.80. The molecule has 2 aliphatic rings. The maximum atomic E-state index is 14.5. The lowest BCUT2D eigenvalue weighted by Crippen LogP contribution is -2.53. The summed E-state index contributed by atoms with van der Waals surface area (Å²) >= 11 is 5.94. The summed E-state index contributed by atoms with van der Waals surface area (Å²) < 4.78 is 26.5. The van der Waals surface area contributed by atoms with Gasteiger partial charge in [0.25, 0.3) is 0 Å². The van der Waals surface area contributed by atoms with Crippen LogP contribution in [-0.4, -0.2) is 71.6 Å². The fourth-order valence-corrected chi connectivity index (χ4v) is 5.11. The number of benzene rings is 2. The third-order valence-electron chi connectivity index (χ3n) is 7.07. The van der Waals surface area contributed by atoms with Gasteiger partial charge in [0.2, 0.25) is 5.91 Å². The number of nitrogens with one attached hydrogen (secondary N) is 1. The highest BCUT2D eigenvalue weighted by Crippen LogP contribution is 2.37. The molecule has 1 N–H and O–H groups in total. The number of fused-ring (bicyclic) bond motifs is 1. The number of anilines is 2. The molecule has 0 spiro atoms. The molecule has 0 atom stereocenters. The number of hydrogen-bond donors (Lipinski definition) is 1. The standard InChI is InChI=1S/C26H29ClFN5O3/c1-32-10-11-33(14-24(32)34)16-6-8-17(9-7-16)36-23-12-18-21(13-22(23)35-2)29-15-30-26(18)31-20-5-3-4-19(27)25(20)28/h3-5,12-13,15-17H,6-11,14H2,1-2H3,(H,29,30,31)/t16-,17-. The number of hydrogen-bond acceptors (Lipinski definition) is 7. The molecule has 1 saturated heterocycles. The molecule has 2 fully saturated rings. The first-order valence-corrected chi connectivity index (χ1v) is 12.5. The van der Waals surface area contributed by atoms with Gasteiger partial charge in [-0.25, -0.2) is 14.4 Å². The summed E-state index contributed by atoms with van der Waals surface area (Å²) in [7, 11) is 3.45. The largest absolute Gasteiger partial charge is 0.493 e. The van der Waals surface area contributed by atoms with E-state index < -0.39 is 5.82 Å². The number of carbonyl (C=O) groups excluding carboxylic acids is 1. The number of piperazine rings is 1. The van der Waals surface area contributed by atoms with Crippen LogP contribution in [0.2, 0.25) is 5.02 Å². The van der Waals surface area contributed by atoms with Crippen molar-refractivity contribution in [3.63, 3.8) is 0 Å². The van der Waals surface area contributed by atoms with Crippen molar-refractivity contribution in [2.45, 2.75) is 37.8 Å². The molecule has 0 bridgehead atoms. The van der Waals surface area contributed by atoms with Crippen LogP contribution in [0, 0.1) is 5.82 Å². The van der Waals surface area contributed by atoms with Crippen LogP contribution in [-0.2, 0) is 4.79 Å². The Morgan fingerprint density at radius 1 is 1.11 bits per heavy atom. The van der Waals surface area contributed by atoms with Crippen LogP contribution in [0.4, 0.5) is 15.9 Å². The Morgan fingerprint density at radius 3 is 2.67 bits per heavy atom. The summed E-state index contributed by atoms with van der Waals surface area (Å²) in [5.41, 5.74) is 0.865. The van der Waals surface area contributed by atoms with Crippen LogP contribution in [0.25, 0.3) is 10.9 Å². The SMILES string of the molecule is COc1cc2ncnc(Nc3cccc(Cl)c3F)c2cc1O[C@H]1CC[C@H](N2CCN(C)C(=O)C2)CC1. The van der Waals surface area contributed by atoms with Crippen LogP contribution in [0.15, 0.2) is 36.7 Å². The molecule has 1 aromatic heterocycles. The van der Waals surface area contributed by atoms with E-state index in [9.17, 15) is 9.18 Å². The summed E-state index contributed by atoms with van der Waals surface area (Å²) in [6.45, 7) is 2.19. The highest BCUT2D eigenvalue weighted by molar-refractivity contribution is 6.31. The summed E-state index contributed by atoms with van der Waals surface area (Å²) in [5, 5.41) is 3.74. The molecule has 190 valence electrons. The molecular formula is C26H29ClFN5O3. The molecule has 8 nitrogen and oxygen atoms in total. The minimum Gasteiger partial charge on any atom is -0.493 e. The van der Waals surface area contributed by atoms with Crippen molar-refractivity contribution in [3.05, 3.63) is 47.5 Å². The molecule has 5 rings (SSSR count). The lowest BCUT2D eigenvalue weighted by Gasteiger charge is -2.40. The number of likely N-dealkylation sites (N-methyl/N-ethyl adjacent to an activating group) is 1. The Balaban J connectivity index is 1.33. The van der Waals surface area contributed by atoms with Crippen molar-refractivity contribution < 1.29 is 18.7 Å². The molecule has 1 saturated carbocycles. The van der Waals surface area contributed by atoms with Crippen molar-refractivity contribution in [1.29, 1.82) is 0 Å². The van der Waals surface area contributed by atoms with Gasteiger partial charge in [0, 0.05) is 37.6 Å². The molecule has 1 aliphatic heterocycles. The van der Waals surface area contributed by atoms with E-state index in [1.54, 1.807) is 30.2 Å². The number of halogens is 2. The highest BCUT2D eigenvalue weighted by atomic mass is 35.5. The Labute approximate surface area is 214 Å². The average Bonchev–Trinajstić information content (AvgIpc) is 2.89. The topological polar surface area (TPSA) is 79.8 Å². The van der Waals surface area contributed by atoms with Gasteiger partial charge in [0.1, 0.15) is 12.1 Å². The molecule has 1 amide bonds. The zero-order valence-electron chi connectivity index (χ0n) is 20.3. The number of carbonyl (C=O) groups is 1. The zero-order chi connectivity index (χ0) is 25.2. The quantitative estimate of drug-likeness (QED) is 0.514. The molecule has 0 radical (unpaired) electrons. The van der Waals surface area contributed by atoms with Crippen molar-refractivity contribution in [3.8, 4) is 11.5 Å². The Kier molecular flexibility index (Phi) is 7.11. The van der Waals surface area contributed by atoms with Crippen LogP contribution >= 0.6 is 11.6 Å². The molecule has 36 heavy (non-hydrogen) atoms. The molecule has 2 heterocycles. The van der Waals surface area contributed by atoms with Crippen molar-refractivity contribution in [2.24, 2.45) is 0 Å². The van der Waals surface area contributed by atoms with E-state index in [0.29, 0.717) is 40.8 Å². The molecule has 3 aromatic rings. The summed E-state index contributed by atoms with van der Waals surface area (Å²) in [5.74, 6) is 1.25. The van der Waals surface area contributed by atoms with Crippen molar-refractivity contribution in [1.82, 2.24) is 19.8 Å². The smallest absolute Gasteiger partial charge is 0.236 e. The molecule has 0 unspecified atom stereocenters. The summed E-state index contributed by atoms with van der Waals surface area (Å²) in [6.07, 6.45) is 5.16. The third-order valence-corrected chi connectivity index (χ3v) is 7.36. The van der Waals surface area contributed by atoms with Gasteiger partial charge in [-0.15, -0.1) is 0 Å². The number of ether oxygens (including phenoxy) is 2. The minimum absolute atomic E-state index is 0.0283. The van der Waals surface area contributed by atoms with Gasteiger partial charge in [-0.05, 0) is 43.9 Å². The lowest BCUT2D eigenvalue weighted by atomic mass is 9.91. The Bertz CT molecular complexity index is 1270. The number of aromatic nitrogens is 2. The van der Waals surface area contributed by atoms with E-state index in [0.717, 1.165) is 38.8 Å². The monoisotopic (exact) mass is 513 g/mol. The van der Waals surface area contributed by atoms with Gasteiger partial charge < -0.3 is 19.7 Å². The van der Waals surface area contributed by atoms with E-state index >= 15 is 0 Å². The van der Waals surface area contributed by atoms with Gasteiger partial charge in [0.15, 0.2) is 17.3 Å². The van der Waals surface area contributed by atoms with E-state index in [-0.39, 0.29) is 22.7 Å². The first-order valence-electron chi connectivity index (χ1n) is 12.1. The highest BCUT2D eigenvalue weighted by Gasteiger charge is 2.31. The van der Waals surface area contributed by atoms with Crippen molar-refractivity contribution >= 4 is 39.9 Å². The second-order valence-electron chi connectivity index (χ2n) is 9.30. The predicted octanol–water partition coefficient (Wildman–Crippen LogP) is 4.64. The van der Waals surface area contributed by atoms with Crippen LogP contribution in [0.1, 0.15) is 25.7 Å². The minimum atomic E-state index is -0.547. The van der Waals surface area contributed by atoms with Crippen molar-refractivity contribution in [2.75, 3.05) is 39.1 Å². The number of amides is 1. The fourth-order valence-electron chi connectivity index (χ4n) is 4.94. The van der Waals surface area contributed by atoms with Gasteiger partial charge in [-0.3, -0.25) is 9.69 Å². The maximum Gasteiger partial charge on any atom is 0.236 e. The maximum absolute atomic E-state index is 14.5. The normalized spacial score (nSPS) is 21.0. The van der Waals surface area contributed by atoms with Crippen LogP contribution in [0.3, 0.4) is 0 Å². The molecule has 1 aliphatic carbocycles. The zero-order valence-corrected chi connectivity index (χ0v) is 21.1. The third kappa shape index (κ3) is 5.03. The van der Waals surface area contributed by atoms with Gasteiger partial charge in [-0.1, -0.05) is 17.7 Å². The summed E-state index contributed by atoms with van der Waals surface area (Å²) in [4.78, 5) is 24.9. The Morgan fingerprint density at radius 2 is 1.92 bits per heavy atom. The number of methoxy groups -OCH3 is 1. The average molecular weight is 514 g/mol. The first-order chi connectivity index (χ1) is 17.4. The van der Waals surface area contributed by atoms with E-state index in [2.05, 4.69) is 20.2 Å². The Hall–Kier alpha value is -3.17. The van der Waals surface area contributed by atoms with Crippen LogP contribution < -0.4 is 14.8 Å².